The molecule has 2 heterocycles. The van der Waals surface area contributed by atoms with Crippen LogP contribution in [0.1, 0.15) is 73.7 Å². The average molecular weight is 470 g/mol. The number of amides is 3. The fourth-order valence-electron chi connectivity index (χ4n) is 5.99. The molecule has 1 aromatic carbocycles. The van der Waals surface area contributed by atoms with Crippen molar-refractivity contribution in [1.82, 2.24) is 15.5 Å². The van der Waals surface area contributed by atoms with Gasteiger partial charge in [0.15, 0.2) is 0 Å². The van der Waals surface area contributed by atoms with Crippen LogP contribution in [0, 0.1) is 5.92 Å². The van der Waals surface area contributed by atoms with E-state index >= 15 is 0 Å². The highest BCUT2D eigenvalue weighted by Crippen LogP contribution is 2.32. The number of carbonyl (C=O) groups excluding carboxylic acids is 3. The summed E-state index contributed by atoms with van der Waals surface area (Å²) in [5.74, 6) is 0.667. The van der Waals surface area contributed by atoms with Crippen molar-refractivity contribution >= 4 is 17.7 Å². The molecular formula is C26H35N3O5. The van der Waals surface area contributed by atoms with E-state index in [4.69, 9.17) is 9.47 Å². The minimum atomic E-state index is -0.593. The van der Waals surface area contributed by atoms with Crippen LogP contribution >= 0.6 is 0 Å². The van der Waals surface area contributed by atoms with E-state index in [-0.39, 0.29) is 30.2 Å². The number of hydrogen-bond acceptors (Lipinski definition) is 6. The van der Waals surface area contributed by atoms with Crippen molar-refractivity contribution in [2.75, 3.05) is 13.7 Å². The smallest absolute Gasteiger partial charge is 0.255 e. The van der Waals surface area contributed by atoms with Gasteiger partial charge in [-0.3, -0.25) is 19.7 Å². The average Bonchev–Trinajstić information content (AvgIpc) is 3.41. The van der Waals surface area contributed by atoms with Crippen LogP contribution in [-0.2, 0) is 20.9 Å². The molecule has 34 heavy (non-hydrogen) atoms. The topological polar surface area (TPSA) is 97.0 Å². The zero-order chi connectivity index (χ0) is 23.7. The molecule has 8 heteroatoms. The van der Waals surface area contributed by atoms with Crippen LogP contribution < -0.4 is 15.4 Å². The van der Waals surface area contributed by atoms with Gasteiger partial charge in [-0.05, 0) is 87.6 Å². The lowest BCUT2D eigenvalue weighted by Gasteiger charge is -2.30. The number of carbonyl (C=O) groups is 3. The number of nitrogens with zero attached hydrogens (tertiary/aromatic N) is 1. The highest BCUT2D eigenvalue weighted by atomic mass is 16.5. The lowest BCUT2D eigenvalue weighted by molar-refractivity contribution is -0.136. The molecule has 184 valence electrons. The van der Waals surface area contributed by atoms with E-state index in [1.807, 2.05) is 25.3 Å². The normalized spacial score (nSPS) is 31.5. The van der Waals surface area contributed by atoms with Gasteiger partial charge in [-0.15, -0.1) is 0 Å². The Balaban J connectivity index is 1.17. The second-order valence-corrected chi connectivity index (χ2v) is 10.2. The van der Waals surface area contributed by atoms with Crippen LogP contribution in [0.4, 0.5) is 0 Å². The molecule has 2 N–H and O–H groups in total. The van der Waals surface area contributed by atoms with Crippen molar-refractivity contribution in [3.63, 3.8) is 0 Å². The van der Waals surface area contributed by atoms with Gasteiger partial charge in [0.05, 0.1) is 6.10 Å². The highest BCUT2D eigenvalue weighted by Gasteiger charge is 2.39. The zero-order valence-electron chi connectivity index (χ0n) is 19.9. The van der Waals surface area contributed by atoms with Gasteiger partial charge in [-0.25, -0.2) is 0 Å². The van der Waals surface area contributed by atoms with Gasteiger partial charge in [0.2, 0.25) is 11.8 Å². The molecule has 0 spiro atoms. The van der Waals surface area contributed by atoms with Crippen LogP contribution in [-0.4, -0.2) is 60.6 Å². The molecule has 1 unspecified atom stereocenters. The number of rotatable bonds is 7. The van der Waals surface area contributed by atoms with Crippen LogP contribution in [0.25, 0.3) is 0 Å². The molecule has 1 aromatic rings. The van der Waals surface area contributed by atoms with Crippen LogP contribution in [0.3, 0.4) is 0 Å². The van der Waals surface area contributed by atoms with Gasteiger partial charge in [-0.1, -0.05) is 0 Å². The first-order valence-corrected chi connectivity index (χ1v) is 12.7. The van der Waals surface area contributed by atoms with Crippen molar-refractivity contribution in [2.45, 2.75) is 88.6 Å². The molecule has 5 rings (SSSR count). The maximum absolute atomic E-state index is 12.9. The third-order valence-corrected chi connectivity index (χ3v) is 8.03. The fraction of sp³-hybridized carbons (Fsp3) is 0.654. The Labute approximate surface area is 200 Å². The number of ether oxygens (including phenoxy) is 2. The first-order valence-electron chi connectivity index (χ1n) is 12.7. The first kappa shape index (κ1) is 23.3. The SMILES string of the molecule is COC1CCC(CN[C@H]2CCC[C@@H]2Oc2ccc3c(c2)CN(C2CCC(=O)NC2=O)C3=O)CC1. The fourth-order valence-corrected chi connectivity index (χ4v) is 5.99. The monoisotopic (exact) mass is 469 g/mol. The van der Waals surface area contributed by atoms with Gasteiger partial charge in [0, 0.05) is 31.7 Å². The second-order valence-electron chi connectivity index (χ2n) is 10.2. The van der Waals surface area contributed by atoms with Crippen LogP contribution in [0.15, 0.2) is 18.2 Å². The number of methoxy groups -OCH3 is 1. The number of fused-ring (bicyclic) bond motifs is 1. The molecule has 8 nitrogen and oxygen atoms in total. The predicted molar refractivity (Wildman–Crippen MR) is 125 cm³/mol. The van der Waals surface area contributed by atoms with Gasteiger partial charge in [-0.2, -0.15) is 0 Å². The molecule has 3 atom stereocenters. The van der Waals surface area contributed by atoms with Gasteiger partial charge in [0.1, 0.15) is 17.9 Å². The Kier molecular flexibility index (Phi) is 6.88. The van der Waals surface area contributed by atoms with E-state index in [2.05, 4.69) is 10.6 Å². The molecule has 0 radical (unpaired) electrons. The summed E-state index contributed by atoms with van der Waals surface area (Å²) in [6.45, 7) is 1.40. The number of imide groups is 1. The summed E-state index contributed by atoms with van der Waals surface area (Å²) >= 11 is 0. The third-order valence-electron chi connectivity index (χ3n) is 8.03. The summed E-state index contributed by atoms with van der Waals surface area (Å²) < 4.78 is 11.9. The molecule has 4 aliphatic rings. The van der Waals surface area contributed by atoms with E-state index in [0.29, 0.717) is 36.6 Å². The lowest BCUT2D eigenvalue weighted by Crippen LogP contribution is -2.52. The molecule has 2 saturated carbocycles. The Morgan fingerprint density at radius 2 is 1.88 bits per heavy atom. The van der Waals surface area contributed by atoms with Crippen molar-refractivity contribution < 1.29 is 23.9 Å². The standard InChI is InChI=1S/C26H35N3O5/c1-33-18-7-5-16(6-8-18)14-27-21-3-2-4-23(21)34-19-9-10-20-17(13-19)15-29(26(20)32)22-11-12-24(30)28-25(22)31/h9-10,13,16,18,21-23,27H,2-8,11-12,14-15H2,1H3,(H,28,30,31)/t16?,18?,21-,22?,23-/m0/s1. The van der Waals surface area contributed by atoms with Crippen molar-refractivity contribution in [3.8, 4) is 5.75 Å². The van der Waals surface area contributed by atoms with Crippen molar-refractivity contribution in [1.29, 1.82) is 0 Å². The largest absolute Gasteiger partial charge is 0.489 e. The van der Waals surface area contributed by atoms with E-state index in [0.717, 1.165) is 50.0 Å². The summed E-state index contributed by atoms with van der Waals surface area (Å²) in [7, 11) is 1.81. The molecule has 2 aliphatic carbocycles. The second kappa shape index (κ2) is 10.0. The van der Waals surface area contributed by atoms with E-state index in [1.165, 1.54) is 12.8 Å². The summed E-state index contributed by atoms with van der Waals surface area (Å²) in [6, 6.07) is 5.37. The minimum Gasteiger partial charge on any atom is -0.489 e. The Morgan fingerprint density at radius 1 is 1.06 bits per heavy atom. The summed E-state index contributed by atoms with van der Waals surface area (Å²) in [5.41, 5.74) is 1.49. The molecule has 0 bridgehead atoms. The summed E-state index contributed by atoms with van der Waals surface area (Å²) in [6.07, 6.45) is 9.19. The van der Waals surface area contributed by atoms with Crippen LogP contribution in [0.5, 0.6) is 5.75 Å². The quantitative estimate of drug-likeness (QED) is 0.596. The predicted octanol–water partition coefficient (Wildman–Crippen LogP) is 2.54. The number of benzene rings is 1. The molecule has 2 aliphatic heterocycles. The molecular weight excluding hydrogens is 434 g/mol. The van der Waals surface area contributed by atoms with E-state index in [9.17, 15) is 14.4 Å². The Morgan fingerprint density at radius 3 is 2.65 bits per heavy atom. The lowest BCUT2D eigenvalue weighted by atomic mass is 9.87. The van der Waals surface area contributed by atoms with Crippen molar-refractivity contribution in [3.05, 3.63) is 29.3 Å². The molecule has 1 saturated heterocycles. The molecule has 3 fully saturated rings. The van der Waals surface area contributed by atoms with E-state index in [1.54, 1.807) is 4.90 Å². The Hall–Kier alpha value is -2.45. The maximum atomic E-state index is 12.9. The number of hydrogen-bond donors (Lipinski definition) is 2. The zero-order valence-corrected chi connectivity index (χ0v) is 19.9. The van der Waals surface area contributed by atoms with Gasteiger partial charge < -0.3 is 19.7 Å². The first-order chi connectivity index (χ1) is 16.5. The minimum absolute atomic E-state index is 0.122. The van der Waals surface area contributed by atoms with Crippen molar-refractivity contribution in [2.24, 2.45) is 5.92 Å². The molecule has 0 aromatic heterocycles. The number of nitrogens with one attached hydrogen (secondary N) is 2. The summed E-state index contributed by atoms with van der Waals surface area (Å²) in [4.78, 5) is 38.2. The van der Waals surface area contributed by atoms with Gasteiger partial charge >= 0.3 is 0 Å². The van der Waals surface area contributed by atoms with E-state index < -0.39 is 6.04 Å². The molecule has 3 amide bonds. The van der Waals surface area contributed by atoms with Gasteiger partial charge in [0.25, 0.3) is 5.91 Å². The maximum Gasteiger partial charge on any atom is 0.255 e. The number of piperidine rings is 1. The third kappa shape index (κ3) is 4.84. The highest BCUT2D eigenvalue weighted by molar-refractivity contribution is 6.05. The van der Waals surface area contributed by atoms with Crippen LogP contribution in [0.2, 0.25) is 0 Å². The Bertz CT molecular complexity index is 942. The summed E-state index contributed by atoms with van der Waals surface area (Å²) in [5, 5.41) is 6.12.